The molecule has 0 spiro atoms. The molecule has 0 aliphatic carbocycles. The van der Waals surface area contributed by atoms with Gasteiger partial charge in [-0.3, -0.25) is 15.0 Å². The highest BCUT2D eigenvalue weighted by Gasteiger charge is 2.15. The van der Waals surface area contributed by atoms with Gasteiger partial charge in [0.05, 0.1) is 51.2 Å². The zero-order valence-corrected chi connectivity index (χ0v) is 61.0. The van der Waals surface area contributed by atoms with E-state index in [0.717, 1.165) is 105 Å². The van der Waals surface area contributed by atoms with E-state index >= 15 is 0 Å². The van der Waals surface area contributed by atoms with Gasteiger partial charge >= 0.3 is 0 Å². The molecule has 0 atom stereocenters. The smallest absolute Gasteiger partial charge is 0.172 e. The third kappa shape index (κ3) is 13.9. The predicted octanol–water partition coefficient (Wildman–Crippen LogP) is 24.5. The molecule has 0 saturated heterocycles. The standard InChI is InChI=1S/2C17H12N2.2C16H10N2.C11H8N2O.C10H6N2O.3C2H6/c1-11-10-18-16-14-8-4-2-6-12(14)13-7-3-5-9-15(13)17(16)19-11;1-11-18-10-16-14-8-3-2-6-12(14)13-7-4-5-9-15(13)17(16)19-11;1-3-7-13-11(5-1)12-6-2-4-8-14(12)16-15(13)17-9-10-18-16;1-2-7-13-11(5-1)12-6-3-4-8-14(12)16-15(13)9-17-10-18-16;1-7-12-6-10-11(13-7)8-4-2-3-5-9(8)14-10;1-2-4-8-7(3-1)10-9(13-8)5-11-6-12-10;3*1-2/h2*2-10H,1H3;2*1-10H;2-6H,1H3;1-6H;3*1-2H3. The summed E-state index contributed by atoms with van der Waals surface area (Å²) in [6.07, 6.45) is 15.7. The van der Waals surface area contributed by atoms with Crippen molar-refractivity contribution in [3.8, 4) is 0 Å². The summed E-state index contributed by atoms with van der Waals surface area (Å²) in [7, 11) is 0. The second-order valence-corrected chi connectivity index (χ2v) is 24.4. The van der Waals surface area contributed by atoms with E-state index in [-0.39, 0.29) is 0 Å². The molecule has 0 N–H and O–H groups in total. The topological polar surface area (TPSA) is 181 Å². The normalized spacial score (nSPS) is 10.9. The summed E-state index contributed by atoms with van der Waals surface area (Å²) in [4.78, 5) is 52.4. The minimum Gasteiger partial charge on any atom is -0.453 e. The van der Waals surface area contributed by atoms with Gasteiger partial charge in [-0.25, -0.2) is 44.9 Å². The Hall–Kier alpha value is -13.7. The van der Waals surface area contributed by atoms with Gasteiger partial charge in [0, 0.05) is 84.8 Å². The van der Waals surface area contributed by atoms with Crippen molar-refractivity contribution in [1.82, 2.24) is 59.8 Å². The number of aryl methyl sites for hydroxylation is 3. The minimum absolute atomic E-state index is 0.740. The minimum atomic E-state index is 0.740. The molecule has 8 aromatic heterocycles. The van der Waals surface area contributed by atoms with Crippen LogP contribution in [0.25, 0.3) is 174 Å². The molecule has 0 aliphatic rings. The third-order valence-corrected chi connectivity index (χ3v) is 18.2. The van der Waals surface area contributed by atoms with Crippen molar-refractivity contribution >= 4 is 174 Å². The number of nitrogens with zero attached hydrogens (tertiary/aromatic N) is 12. The van der Waals surface area contributed by atoms with Gasteiger partial charge in [-0.1, -0.05) is 260 Å². The van der Waals surface area contributed by atoms with Crippen molar-refractivity contribution < 1.29 is 8.83 Å². The first-order valence-electron chi connectivity index (χ1n) is 36.1. The lowest BCUT2D eigenvalue weighted by Crippen LogP contribution is -1.90. The van der Waals surface area contributed by atoms with Crippen molar-refractivity contribution in [2.24, 2.45) is 0 Å². The molecule has 0 amide bonds. The highest BCUT2D eigenvalue weighted by Crippen LogP contribution is 2.38. The van der Waals surface area contributed by atoms with Crippen molar-refractivity contribution in [2.45, 2.75) is 62.3 Å². The van der Waals surface area contributed by atoms with Crippen LogP contribution in [-0.4, -0.2) is 59.8 Å². The summed E-state index contributed by atoms with van der Waals surface area (Å²) in [5, 5.41) is 23.8. The Labute approximate surface area is 617 Å². The largest absolute Gasteiger partial charge is 0.453 e. The fourth-order valence-electron chi connectivity index (χ4n) is 13.7. The second-order valence-electron chi connectivity index (χ2n) is 24.4. The van der Waals surface area contributed by atoms with Crippen molar-refractivity contribution in [1.29, 1.82) is 0 Å². The first-order valence-corrected chi connectivity index (χ1v) is 36.1. The van der Waals surface area contributed by atoms with Gasteiger partial charge in [0.2, 0.25) is 0 Å². The Morgan fingerprint density at radius 1 is 0.196 bits per heavy atom. The third-order valence-electron chi connectivity index (χ3n) is 18.2. The predicted molar refractivity (Wildman–Crippen MR) is 445 cm³/mol. The van der Waals surface area contributed by atoms with E-state index in [9.17, 15) is 0 Å². The number of para-hydroxylation sites is 2. The molecular weight excluding hydrogens is 1320 g/mol. The molecule has 0 radical (unpaired) electrons. The highest BCUT2D eigenvalue weighted by molar-refractivity contribution is 6.27. The molecule has 0 unspecified atom stereocenters. The fraction of sp³-hybridized carbons (Fsp3) is 0.0968. The summed E-state index contributed by atoms with van der Waals surface area (Å²) in [6.45, 7) is 17.8. The molecule has 22 aromatic rings. The SMILES string of the molecule is CC.CC.CC.Cc1cnc2c3ccccc3c3ccccc3c2n1.Cc1ncc2c3ccccc3c3ccccc3c2n1.Cc1ncc2oc3ccccc3c2n1.c1ccc2c(c1)c1ccccc1c1nccnc21.c1ccc2c(c1)c1ccccc1c1ncncc21.c1ccc2c(c1)oc1cncnc12. The molecule has 22 rings (SSSR count). The van der Waals surface area contributed by atoms with Gasteiger partial charge in [0.25, 0.3) is 0 Å². The Kier molecular flexibility index (Phi) is 21.2. The zero-order valence-electron chi connectivity index (χ0n) is 61.0. The van der Waals surface area contributed by atoms with E-state index in [1.165, 1.54) is 92.5 Å². The van der Waals surface area contributed by atoms with Crippen LogP contribution < -0.4 is 0 Å². The molecule has 0 aliphatic heterocycles. The van der Waals surface area contributed by atoms with E-state index in [1.807, 2.05) is 142 Å². The Morgan fingerprint density at radius 2 is 0.495 bits per heavy atom. The number of aromatic nitrogens is 12. The van der Waals surface area contributed by atoms with E-state index in [4.69, 9.17) is 13.8 Å². The summed E-state index contributed by atoms with van der Waals surface area (Å²) in [6, 6.07) is 83.0. The van der Waals surface area contributed by atoms with E-state index in [0.29, 0.717) is 0 Å². The van der Waals surface area contributed by atoms with Crippen LogP contribution in [0.15, 0.2) is 308 Å². The van der Waals surface area contributed by atoms with Crippen LogP contribution in [0.4, 0.5) is 0 Å². The maximum Gasteiger partial charge on any atom is 0.172 e. The molecule has 0 fully saturated rings. The molecule has 14 heteroatoms. The molecule has 0 saturated carbocycles. The van der Waals surface area contributed by atoms with Crippen LogP contribution in [0.3, 0.4) is 0 Å². The number of furan rings is 2. The number of hydrogen-bond donors (Lipinski definition) is 0. The van der Waals surface area contributed by atoms with Gasteiger partial charge in [0.15, 0.2) is 11.2 Å². The van der Waals surface area contributed by atoms with Crippen LogP contribution in [0.5, 0.6) is 0 Å². The molecule has 14 nitrogen and oxygen atoms in total. The summed E-state index contributed by atoms with van der Waals surface area (Å²) < 4.78 is 11.1. The quantitative estimate of drug-likeness (QED) is 0.131. The zero-order chi connectivity index (χ0) is 73.8. The van der Waals surface area contributed by atoms with Gasteiger partial charge in [0.1, 0.15) is 46.5 Å². The van der Waals surface area contributed by atoms with E-state index in [2.05, 4.69) is 237 Å². The summed E-state index contributed by atoms with van der Waals surface area (Å²) in [5.41, 5.74) is 11.9. The molecular formula is C93H76N12O2. The molecule has 107 heavy (non-hydrogen) atoms. The first-order chi connectivity index (χ1) is 52.9. The molecule has 14 aromatic carbocycles. The fourth-order valence-corrected chi connectivity index (χ4v) is 13.7. The molecule has 520 valence electrons. The van der Waals surface area contributed by atoms with Gasteiger partial charge < -0.3 is 8.83 Å². The van der Waals surface area contributed by atoms with E-state index in [1.54, 1.807) is 31.1 Å². The van der Waals surface area contributed by atoms with Crippen molar-refractivity contribution in [2.75, 3.05) is 0 Å². The van der Waals surface area contributed by atoms with Crippen LogP contribution in [0, 0.1) is 20.8 Å². The van der Waals surface area contributed by atoms with Gasteiger partial charge in [-0.05, 0) is 98.9 Å². The van der Waals surface area contributed by atoms with Gasteiger partial charge in [-0.15, -0.1) is 0 Å². The number of rotatable bonds is 0. The van der Waals surface area contributed by atoms with Crippen molar-refractivity contribution in [3.05, 3.63) is 316 Å². The maximum atomic E-state index is 5.58. The molecule has 8 heterocycles. The average Bonchev–Trinajstić information content (AvgIpc) is 1.70. The number of hydrogen-bond acceptors (Lipinski definition) is 14. The lowest BCUT2D eigenvalue weighted by atomic mass is 9.98. The van der Waals surface area contributed by atoms with Crippen LogP contribution >= 0.6 is 0 Å². The first kappa shape index (κ1) is 70.3. The lowest BCUT2D eigenvalue weighted by Gasteiger charge is -2.09. The summed E-state index contributed by atoms with van der Waals surface area (Å²) >= 11 is 0. The Bertz CT molecular complexity index is 6070. The van der Waals surface area contributed by atoms with Crippen molar-refractivity contribution in [3.63, 3.8) is 0 Å². The van der Waals surface area contributed by atoms with Gasteiger partial charge in [-0.2, -0.15) is 0 Å². The Balaban J connectivity index is 0.000000107. The second kappa shape index (κ2) is 32.3. The molecule has 0 bridgehead atoms. The highest BCUT2D eigenvalue weighted by atomic mass is 16.3. The number of benzene rings is 14. The van der Waals surface area contributed by atoms with Crippen LogP contribution in [0.1, 0.15) is 58.9 Å². The Morgan fingerprint density at radius 3 is 0.944 bits per heavy atom. The lowest BCUT2D eigenvalue weighted by molar-refractivity contribution is 0.665. The van der Waals surface area contributed by atoms with Crippen LogP contribution in [0.2, 0.25) is 0 Å². The maximum absolute atomic E-state index is 5.58. The average molecular weight is 1390 g/mol. The van der Waals surface area contributed by atoms with E-state index < -0.39 is 0 Å². The monoisotopic (exact) mass is 1390 g/mol. The summed E-state index contributed by atoms with van der Waals surface area (Å²) in [5.74, 6) is 1.58. The van der Waals surface area contributed by atoms with Crippen LogP contribution in [-0.2, 0) is 0 Å². The number of fused-ring (bicyclic) bond motifs is 30.